The Balaban J connectivity index is 1.40. The minimum absolute atomic E-state index is 0.180. The van der Waals surface area contributed by atoms with E-state index >= 15 is 0 Å². The van der Waals surface area contributed by atoms with Gasteiger partial charge in [-0.25, -0.2) is 4.79 Å². The number of piperidine rings is 1. The van der Waals surface area contributed by atoms with Crippen LogP contribution in [0.3, 0.4) is 0 Å². The molecule has 1 aromatic rings. The molecule has 2 fully saturated rings. The standard InChI is InChI=1S/C20H31NO3Si/c1-20(2,3)25(4,5)24-14-18-16-11-21(12-17(16)18)19(22)23-13-15-9-7-6-8-10-15/h6-10,16-18H,11-14H2,1-5H3/t16-,17+,18+. The molecule has 1 aromatic carbocycles. The van der Waals surface area contributed by atoms with Crippen molar-refractivity contribution < 1.29 is 14.0 Å². The Labute approximate surface area is 152 Å². The van der Waals surface area contributed by atoms with Crippen molar-refractivity contribution in [2.75, 3.05) is 19.7 Å². The van der Waals surface area contributed by atoms with Gasteiger partial charge in [0.15, 0.2) is 8.32 Å². The Morgan fingerprint density at radius 2 is 1.76 bits per heavy atom. The van der Waals surface area contributed by atoms with E-state index in [1.54, 1.807) is 0 Å². The van der Waals surface area contributed by atoms with E-state index in [1.165, 1.54) is 0 Å². The number of benzene rings is 1. The third kappa shape index (κ3) is 4.09. The smallest absolute Gasteiger partial charge is 0.410 e. The number of amides is 1. The topological polar surface area (TPSA) is 38.8 Å². The van der Waals surface area contributed by atoms with Crippen molar-refractivity contribution in [3.63, 3.8) is 0 Å². The molecule has 1 saturated carbocycles. The minimum atomic E-state index is -1.67. The number of carbonyl (C=O) groups excluding carboxylic acids is 1. The van der Waals surface area contributed by atoms with Crippen LogP contribution in [0.2, 0.25) is 18.1 Å². The van der Waals surface area contributed by atoms with Gasteiger partial charge in [0.1, 0.15) is 6.61 Å². The minimum Gasteiger partial charge on any atom is -0.445 e. The lowest BCUT2D eigenvalue weighted by atomic mass is 10.2. The Morgan fingerprint density at radius 1 is 1.16 bits per heavy atom. The third-order valence-electron chi connectivity index (χ3n) is 6.28. The summed E-state index contributed by atoms with van der Waals surface area (Å²) < 4.78 is 11.8. The van der Waals surface area contributed by atoms with Crippen LogP contribution >= 0.6 is 0 Å². The van der Waals surface area contributed by atoms with Gasteiger partial charge >= 0.3 is 6.09 Å². The number of hydrogen-bond acceptors (Lipinski definition) is 3. The van der Waals surface area contributed by atoms with Crippen LogP contribution in [0.25, 0.3) is 0 Å². The molecule has 1 heterocycles. The van der Waals surface area contributed by atoms with Crippen LogP contribution in [-0.2, 0) is 15.8 Å². The van der Waals surface area contributed by atoms with E-state index in [1.807, 2.05) is 35.2 Å². The van der Waals surface area contributed by atoms with Crippen LogP contribution < -0.4 is 0 Å². The zero-order valence-electron chi connectivity index (χ0n) is 16.1. The van der Waals surface area contributed by atoms with E-state index in [0.29, 0.717) is 24.4 Å². The van der Waals surface area contributed by atoms with Crippen molar-refractivity contribution in [1.29, 1.82) is 0 Å². The van der Waals surface area contributed by atoms with Gasteiger partial charge in [0.05, 0.1) is 0 Å². The van der Waals surface area contributed by atoms with Gasteiger partial charge in [0, 0.05) is 19.7 Å². The molecule has 0 radical (unpaired) electrons. The molecular formula is C20H31NO3Si. The molecule has 4 nitrogen and oxygen atoms in total. The predicted octanol–water partition coefficient (Wildman–Crippen LogP) is 4.52. The number of ether oxygens (including phenoxy) is 1. The summed E-state index contributed by atoms with van der Waals surface area (Å²) in [6.07, 6.45) is -0.180. The number of hydrogen-bond donors (Lipinski definition) is 0. The highest BCUT2D eigenvalue weighted by atomic mass is 28.4. The molecule has 1 aliphatic heterocycles. The fraction of sp³-hybridized carbons (Fsp3) is 0.650. The second-order valence-electron chi connectivity index (χ2n) is 9.01. The third-order valence-corrected chi connectivity index (χ3v) is 10.8. The average molecular weight is 362 g/mol. The van der Waals surface area contributed by atoms with Gasteiger partial charge in [0.2, 0.25) is 0 Å². The summed E-state index contributed by atoms with van der Waals surface area (Å²) in [5.74, 6) is 1.84. The molecule has 1 saturated heterocycles. The molecular weight excluding hydrogens is 330 g/mol. The lowest BCUT2D eigenvalue weighted by molar-refractivity contribution is 0.0969. The zero-order chi connectivity index (χ0) is 18.2. The first kappa shape index (κ1) is 18.5. The van der Waals surface area contributed by atoms with Gasteiger partial charge in [-0.1, -0.05) is 51.1 Å². The monoisotopic (exact) mass is 361 g/mol. The van der Waals surface area contributed by atoms with Crippen LogP contribution in [0.4, 0.5) is 4.79 Å². The van der Waals surface area contributed by atoms with Crippen molar-refractivity contribution in [3.05, 3.63) is 35.9 Å². The number of rotatable bonds is 5. The molecule has 0 aromatic heterocycles. The molecule has 3 rings (SSSR count). The second-order valence-corrected chi connectivity index (χ2v) is 13.8. The summed E-state index contributed by atoms with van der Waals surface area (Å²) in [6, 6.07) is 9.83. The van der Waals surface area contributed by atoms with E-state index in [-0.39, 0.29) is 11.1 Å². The summed E-state index contributed by atoms with van der Waals surface area (Å²) in [7, 11) is -1.67. The first-order valence-corrected chi connectivity index (χ1v) is 12.2. The van der Waals surface area contributed by atoms with Crippen molar-refractivity contribution in [1.82, 2.24) is 4.90 Å². The molecule has 0 N–H and O–H groups in total. The van der Waals surface area contributed by atoms with E-state index in [9.17, 15) is 4.79 Å². The zero-order valence-corrected chi connectivity index (χ0v) is 17.1. The van der Waals surface area contributed by atoms with Gasteiger partial charge in [-0.3, -0.25) is 0 Å². The maximum absolute atomic E-state index is 12.2. The van der Waals surface area contributed by atoms with Crippen molar-refractivity contribution in [2.45, 2.75) is 45.5 Å². The van der Waals surface area contributed by atoms with E-state index in [2.05, 4.69) is 33.9 Å². The predicted molar refractivity (Wildman–Crippen MR) is 102 cm³/mol. The lowest BCUT2D eigenvalue weighted by Gasteiger charge is -2.36. The molecule has 2 aliphatic rings. The fourth-order valence-corrected chi connectivity index (χ4v) is 4.42. The van der Waals surface area contributed by atoms with E-state index < -0.39 is 8.32 Å². The average Bonchev–Trinajstić information content (AvgIpc) is 3.00. The van der Waals surface area contributed by atoms with Crippen molar-refractivity contribution >= 4 is 14.4 Å². The molecule has 3 atom stereocenters. The summed E-state index contributed by atoms with van der Waals surface area (Å²) >= 11 is 0. The van der Waals surface area contributed by atoms with Crippen LogP contribution in [-0.4, -0.2) is 39.0 Å². The van der Waals surface area contributed by atoms with Crippen LogP contribution in [0.15, 0.2) is 30.3 Å². The molecule has 25 heavy (non-hydrogen) atoms. The molecule has 0 spiro atoms. The Morgan fingerprint density at radius 3 is 2.32 bits per heavy atom. The Kier molecular flexibility index (Phi) is 4.99. The summed E-state index contributed by atoms with van der Waals surface area (Å²) in [5.41, 5.74) is 1.03. The van der Waals surface area contributed by atoms with Crippen molar-refractivity contribution in [2.24, 2.45) is 17.8 Å². The maximum Gasteiger partial charge on any atom is 0.410 e. The lowest BCUT2D eigenvalue weighted by Crippen LogP contribution is -2.41. The van der Waals surface area contributed by atoms with Gasteiger partial charge in [-0.2, -0.15) is 0 Å². The van der Waals surface area contributed by atoms with Crippen LogP contribution in [0.5, 0.6) is 0 Å². The van der Waals surface area contributed by atoms with Gasteiger partial charge in [-0.05, 0) is 41.4 Å². The Bertz CT molecular complexity index is 599. The number of carbonyl (C=O) groups is 1. The fourth-order valence-electron chi connectivity index (χ4n) is 3.38. The highest BCUT2D eigenvalue weighted by Crippen LogP contribution is 2.52. The molecule has 1 amide bonds. The molecule has 138 valence electrons. The Hall–Kier alpha value is -1.33. The quantitative estimate of drug-likeness (QED) is 0.724. The summed E-state index contributed by atoms with van der Waals surface area (Å²) in [5, 5.41) is 0.254. The number of likely N-dealkylation sites (tertiary alicyclic amines) is 1. The van der Waals surface area contributed by atoms with Gasteiger partial charge in [-0.15, -0.1) is 0 Å². The normalized spacial score (nSPS) is 25.6. The van der Waals surface area contributed by atoms with Crippen LogP contribution in [0.1, 0.15) is 26.3 Å². The largest absolute Gasteiger partial charge is 0.445 e. The van der Waals surface area contributed by atoms with Gasteiger partial charge in [0.25, 0.3) is 0 Å². The SMILES string of the molecule is CC(C)(C)[Si](C)(C)OC[C@@H]1[C@H]2CN(C(=O)OCc3ccccc3)C[C@@H]12. The molecule has 0 unspecified atom stereocenters. The maximum atomic E-state index is 12.2. The summed E-state index contributed by atoms with van der Waals surface area (Å²) in [4.78, 5) is 14.1. The van der Waals surface area contributed by atoms with E-state index in [0.717, 1.165) is 25.3 Å². The molecule has 0 bridgehead atoms. The first-order chi connectivity index (χ1) is 11.7. The second kappa shape index (κ2) is 6.76. The summed E-state index contributed by atoms with van der Waals surface area (Å²) in [6.45, 7) is 14.3. The van der Waals surface area contributed by atoms with Gasteiger partial charge < -0.3 is 14.1 Å². The number of nitrogens with zero attached hydrogens (tertiary/aromatic N) is 1. The molecule has 5 heteroatoms. The first-order valence-electron chi connectivity index (χ1n) is 9.28. The highest BCUT2D eigenvalue weighted by Gasteiger charge is 2.57. The van der Waals surface area contributed by atoms with Crippen LogP contribution in [0, 0.1) is 17.8 Å². The van der Waals surface area contributed by atoms with E-state index in [4.69, 9.17) is 9.16 Å². The highest BCUT2D eigenvalue weighted by molar-refractivity contribution is 6.74. The van der Waals surface area contributed by atoms with Crippen molar-refractivity contribution in [3.8, 4) is 0 Å². The number of fused-ring (bicyclic) bond motifs is 1. The molecule has 1 aliphatic carbocycles.